The normalized spacial score (nSPS) is 12.8. The van der Waals surface area contributed by atoms with Gasteiger partial charge in [-0.15, -0.1) is 0 Å². The summed E-state index contributed by atoms with van der Waals surface area (Å²) in [5.74, 6) is -4.02. The fourth-order valence-corrected chi connectivity index (χ4v) is 3.84. The van der Waals surface area contributed by atoms with Gasteiger partial charge in [0.15, 0.2) is 11.5 Å². The van der Waals surface area contributed by atoms with Crippen molar-refractivity contribution in [1.82, 2.24) is 9.97 Å². The van der Waals surface area contributed by atoms with Crippen molar-refractivity contribution in [2.75, 3.05) is 32.8 Å². The second-order valence-electron chi connectivity index (χ2n) is 8.96. The summed E-state index contributed by atoms with van der Waals surface area (Å²) in [6.45, 7) is 5.46. The Kier molecular flexibility index (Phi) is 8.15. The molecule has 0 aliphatic heterocycles. The first kappa shape index (κ1) is 28.0. The van der Waals surface area contributed by atoms with Crippen LogP contribution in [0.5, 0.6) is 11.5 Å². The summed E-state index contributed by atoms with van der Waals surface area (Å²) in [4.78, 5) is 8.80. The van der Waals surface area contributed by atoms with Gasteiger partial charge in [0, 0.05) is 18.7 Å². The fraction of sp³-hybridized carbons (Fsp3) is 0.423. The number of aliphatic hydroxyl groups is 1. The first-order chi connectivity index (χ1) is 17.4. The molecule has 0 aliphatic carbocycles. The standard InChI is InChI=1S/C26H29F3N4O4/c1-14(16-8-7-9-18(22(16)27)26(28,29)25(3,4)34)31-24-21-17(13-30)23(37-11-10-35-5)20(36-6)12-19(21)32-15(2)33-24/h7-9,12,14,34H,10-11H2,1-6H3,(H,31,32,33)/t14-/m1/s1. The predicted octanol–water partition coefficient (Wildman–Crippen LogP) is 5.02. The van der Waals surface area contributed by atoms with Gasteiger partial charge in [0.2, 0.25) is 0 Å². The second-order valence-corrected chi connectivity index (χ2v) is 8.96. The van der Waals surface area contributed by atoms with Gasteiger partial charge in [-0.25, -0.2) is 14.4 Å². The minimum atomic E-state index is -3.84. The average Bonchev–Trinajstić information content (AvgIpc) is 2.82. The monoisotopic (exact) mass is 518 g/mol. The van der Waals surface area contributed by atoms with Crippen LogP contribution in [-0.2, 0) is 10.7 Å². The zero-order valence-electron chi connectivity index (χ0n) is 21.4. The van der Waals surface area contributed by atoms with Crippen LogP contribution in [-0.4, -0.2) is 48.1 Å². The molecule has 11 heteroatoms. The number of aromatic nitrogens is 2. The molecule has 0 fully saturated rings. The molecular formula is C26H29F3N4O4. The maximum Gasteiger partial charge on any atom is 0.303 e. The molecule has 8 nitrogen and oxygen atoms in total. The predicted molar refractivity (Wildman–Crippen MR) is 132 cm³/mol. The van der Waals surface area contributed by atoms with Crippen LogP contribution in [0, 0.1) is 24.1 Å². The Labute approximate surface area is 213 Å². The van der Waals surface area contributed by atoms with Crippen molar-refractivity contribution in [3.8, 4) is 17.6 Å². The molecule has 0 aliphatic rings. The number of hydrogen-bond donors (Lipinski definition) is 2. The summed E-state index contributed by atoms with van der Waals surface area (Å²) in [6.07, 6.45) is 0. The molecule has 0 saturated carbocycles. The molecule has 1 atom stereocenters. The number of nitriles is 1. The maximum atomic E-state index is 15.4. The SMILES string of the molecule is COCCOc1c(OC)cc2nc(C)nc(N[C@H](C)c3cccc(C(F)(F)C(C)(C)O)c3F)c2c1C#N. The molecule has 37 heavy (non-hydrogen) atoms. The van der Waals surface area contributed by atoms with Gasteiger partial charge in [-0.05, 0) is 33.8 Å². The lowest BCUT2D eigenvalue weighted by Gasteiger charge is -2.30. The van der Waals surface area contributed by atoms with Crippen LogP contribution in [0.2, 0.25) is 0 Å². The van der Waals surface area contributed by atoms with Crippen molar-refractivity contribution >= 4 is 16.7 Å². The second kappa shape index (κ2) is 10.8. The molecular weight excluding hydrogens is 489 g/mol. The van der Waals surface area contributed by atoms with Crippen molar-refractivity contribution < 1.29 is 32.5 Å². The molecule has 3 rings (SSSR count). The molecule has 3 aromatic rings. The number of alkyl halides is 2. The van der Waals surface area contributed by atoms with Gasteiger partial charge in [0.05, 0.1) is 36.2 Å². The molecule has 2 N–H and O–H groups in total. The van der Waals surface area contributed by atoms with Crippen molar-refractivity contribution in [2.24, 2.45) is 0 Å². The molecule has 198 valence electrons. The first-order valence-corrected chi connectivity index (χ1v) is 11.4. The minimum Gasteiger partial charge on any atom is -0.493 e. The van der Waals surface area contributed by atoms with Gasteiger partial charge in [0.25, 0.3) is 0 Å². The topological polar surface area (TPSA) is 110 Å². The Morgan fingerprint density at radius 1 is 1.19 bits per heavy atom. The number of benzene rings is 2. The number of aryl methyl sites for hydroxylation is 1. The lowest BCUT2D eigenvalue weighted by Crippen LogP contribution is -2.41. The van der Waals surface area contributed by atoms with Crippen LogP contribution in [0.4, 0.5) is 19.0 Å². The molecule has 1 heterocycles. The summed E-state index contributed by atoms with van der Waals surface area (Å²) in [5, 5.41) is 23.3. The molecule has 0 spiro atoms. The van der Waals surface area contributed by atoms with Crippen LogP contribution in [0.3, 0.4) is 0 Å². The smallest absolute Gasteiger partial charge is 0.303 e. The van der Waals surface area contributed by atoms with Gasteiger partial charge >= 0.3 is 5.92 Å². The van der Waals surface area contributed by atoms with Crippen LogP contribution in [0.1, 0.15) is 49.3 Å². The van der Waals surface area contributed by atoms with Crippen LogP contribution in [0.15, 0.2) is 24.3 Å². The van der Waals surface area contributed by atoms with E-state index in [1.54, 1.807) is 19.9 Å². The van der Waals surface area contributed by atoms with Gasteiger partial charge < -0.3 is 24.6 Å². The van der Waals surface area contributed by atoms with Crippen molar-refractivity contribution in [1.29, 1.82) is 5.26 Å². The molecule has 0 unspecified atom stereocenters. The molecule has 2 aromatic carbocycles. The van der Waals surface area contributed by atoms with E-state index in [1.165, 1.54) is 26.4 Å². The van der Waals surface area contributed by atoms with Crippen molar-refractivity contribution in [3.63, 3.8) is 0 Å². The Balaban J connectivity index is 2.14. The largest absolute Gasteiger partial charge is 0.493 e. The van der Waals surface area contributed by atoms with E-state index >= 15 is 4.39 Å². The number of methoxy groups -OCH3 is 2. The Morgan fingerprint density at radius 3 is 2.49 bits per heavy atom. The number of fused-ring (bicyclic) bond motifs is 1. The zero-order valence-corrected chi connectivity index (χ0v) is 21.4. The zero-order chi connectivity index (χ0) is 27.5. The van der Waals surface area contributed by atoms with Crippen LogP contribution >= 0.6 is 0 Å². The highest BCUT2D eigenvalue weighted by molar-refractivity contribution is 5.97. The highest BCUT2D eigenvalue weighted by Crippen LogP contribution is 2.42. The quantitative estimate of drug-likeness (QED) is 0.360. The average molecular weight is 519 g/mol. The van der Waals surface area contributed by atoms with Crippen molar-refractivity contribution in [3.05, 3.63) is 52.6 Å². The molecule has 1 aromatic heterocycles. The summed E-state index contributed by atoms with van der Waals surface area (Å²) in [5.41, 5.74) is -3.02. The summed E-state index contributed by atoms with van der Waals surface area (Å²) < 4.78 is 61.1. The number of rotatable bonds is 10. The van der Waals surface area contributed by atoms with Crippen LogP contribution in [0.25, 0.3) is 10.9 Å². The number of ether oxygens (including phenoxy) is 3. The summed E-state index contributed by atoms with van der Waals surface area (Å²) >= 11 is 0. The van der Waals surface area contributed by atoms with E-state index < -0.39 is 28.9 Å². The Bertz CT molecular complexity index is 1340. The lowest BCUT2D eigenvalue weighted by molar-refractivity contribution is -0.170. The highest BCUT2D eigenvalue weighted by Gasteiger charge is 2.49. The number of halogens is 3. The maximum absolute atomic E-state index is 15.4. The molecule has 0 amide bonds. The van der Waals surface area contributed by atoms with Gasteiger partial charge in [0.1, 0.15) is 41.3 Å². The van der Waals surface area contributed by atoms with Gasteiger partial charge in [-0.1, -0.05) is 12.1 Å². The van der Waals surface area contributed by atoms with Crippen LogP contribution < -0.4 is 14.8 Å². The third kappa shape index (κ3) is 5.40. The van der Waals surface area contributed by atoms with E-state index in [4.69, 9.17) is 14.2 Å². The first-order valence-electron chi connectivity index (χ1n) is 11.4. The number of hydrogen-bond acceptors (Lipinski definition) is 8. The summed E-state index contributed by atoms with van der Waals surface area (Å²) in [6, 6.07) is 6.43. The molecule has 0 bridgehead atoms. The fourth-order valence-electron chi connectivity index (χ4n) is 3.84. The van der Waals surface area contributed by atoms with E-state index in [1.807, 2.05) is 0 Å². The van der Waals surface area contributed by atoms with Crippen molar-refractivity contribution in [2.45, 2.75) is 45.3 Å². The third-order valence-electron chi connectivity index (χ3n) is 5.84. The van der Waals surface area contributed by atoms with Gasteiger partial charge in [-0.3, -0.25) is 0 Å². The van der Waals surface area contributed by atoms with E-state index in [9.17, 15) is 19.1 Å². The number of nitrogens with one attached hydrogen (secondary N) is 1. The lowest BCUT2D eigenvalue weighted by atomic mass is 9.91. The van der Waals surface area contributed by atoms with Gasteiger partial charge in [-0.2, -0.15) is 14.0 Å². The van der Waals surface area contributed by atoms with E-state index in [0.29, 0.717) is 16.7 Å². The third-order valence-corrected chi connectivity index (χ3v) is 5.84. The highest BCUT2D eigenvalue weighted by atomic mass is 19.3. The van der Waals surface area contributed by atoms with E-state index in [0.717, 1.165) is 19.9 Å². The number of nitrogens with zero attached hydrogens (tertiary/aromatic N) is 3. The number of anilines is 1. The van der Waals surface area contributed by atoms with E-state index in [-0.39, 0.29) is 41.7 Å². The Morgan fingerprint density at radius 2 is 1.89 bits per heavy atom. The molecule has 0 radical (unpaired) electrons. The summed E-state index contributed by atoms with van der Waals surface area (Å²) in [7, 11) is 2.94. The Hall–Kier alpha value is -3.62. The van der Waals surface area contributed by atoms with E-state index in [2.05, 4.69) is 21.4 Å². The molecule has 0 saturated heterocycles. The minimum absolute atomic E-state index is 0.0746.